The first-order chi connectivity index (χ1) is 19.0. The molecule has 0 bridgehead atoms. The molecular weight excluding hydrogens is 572 g/mol. The highest BCUT2D eigenvalue weighted by Crippen LogP contribution is 2.57. The van der Waals surface area contributed by atoms with Crippen molar-refractivity contribution in [3.05, 3.63) is 75.2 Å². The van der Waals surface area contributed by atoms with Gasteiger partial charge in [-0.05, 0) is 75.1 Å². The second-order valence-corrected chi connectivity index (χ2v) is 12.1. The summed E-state index contributed by atoms with van der Waals surface area (Å²) >= 11 is 3.52. The fourth-order valence-corrected chi connectivity index (χ4v) is 6.77. The number of nitrogens with zero attached hydrogens (tertiary/aromatic N) is 2. The minimum Gasteiger partial charge on any atom is -0.462 e. The molecule has 5 rings (SSSR count). The number of ketones is 1. The maximum Gasteiger partial charge on any atom is 0.339 e. The number of amides is 1. The number of carbonyl (C=O) groups is 3. The van der Waals surface area contributed by atoms with E-state index in [1.807, 2.05) is 44.2 Å². The minimum absolute atomic E-state index is 0.0386. The van der Waals surface area contributed by atoms with Crippen LogP contribution in [0, 0.1) is 5.41 Å². The van der Waals surface area contributed by atoms with E-state index in [4.69, 9.17) is 10.5 Å². The van der Waals surface area contributed by atoms with Gasteiger partial charge in [-0.1, -0.05) is 29.8 Å². The average molecular weight is 608 g/mol. The number of ether oxygens (including phenoxy) is 1. The lowest BCUT2D eigenvalue weighted by Gasteiger charge is -2.47. The van der Waals surface area contributed by atoms with Gasteiger partial charge in [0.15, 0.2) is 5.78 Å². The van der Waals surface area contributed by atoms with Crippen molar-refractivity contribution >= 4 is 50.7 Å². The average Bonchev–Trinajstić information content (AvgIpc) is 3.16. The van der Waals surface area contributed by atoms with Crippen LogP contribution in [-0.4, -0.2) is 37.4 Å². The zero-order valence-corrected chi connectivity index (χ0v) is 25.1. The molecule has 2 aromatic rings. The van der Waals surface area contributed by atoms with Gasteiger partial charge in [-0.15, -0.1) is 0 Å². The van der Waals surface area contributed by atoms with E-state index in [-0.39, 0.29) is 41.2 Å². The summed E-state index contributed by atoms with van der Waals surface area (Å²) in [5.74, 6) is -1.31. The molecule has 1 unspecified atom stereocenters. The van der Waals surface area contributed by atoms with E-state index in [1.165, 1.54) is 0 Å². The van der Waals surface area contributed by atoms with Crippen molar-refractivity contribution in [2.24, 2.45) is 11.1 Å². The van der Waals surface area contributed by atoms with Crippen LogP contribution in [0.15, 0.2) is 69.6 Å². The topological polar surface area (TPSA) is 105 Å². The Hall–Kier alpha value is -3.59. The summed E-state index contributed by atoms with van der Waals surface area (Å²) < 4.78 is 6.23. The molecule has 0 radical (unpaired) electrons. The van der Waals surface area contributed by atoms with Gasteiger partial charge in [0.2, 0.25) is 5.91 Å². The summed E-state index contributed by atoms with van der Waals surface area (Å²) in [6.07, 6.45) is 0.718. The van der Waals surface area contributed by atoms with Crippen LogP contribution in [0.1, 0.15) is 53.0 Å². The van der Waals surface area contributed by atoms with Crippen LogP contribution in [0.5, 0.6) is 0 Å². The number of nitrogens with one attached hydrogen (secondary N) is 1. The first kappa shape index (κ1) is 28.0. The number of hydrogen-bond donors (Lipinski definition) is 2. The Kier molecular flexibility index (Phi) is 7.06. The minimum atomic E-state index is -1.73. The number of anilines is 3. The predicted octanol–water partition coefficient (Wildman–Crippen LogP) is 5.38. The van der Waals surface area contributed by atoms with E-state index in [2.05, 4.69) is 40.0 Å². The molecule has 1 spiro atoms. The molecule has 2 aromatic carbocycles. The second kappa shape index (κ2) is 10.1. The number of benzene rings is 2. The molecule has 40 heavy (non-hydrogen) atoms. The van der Waals surface area contributed by atoms with Crippen LogP contribution in [0.4, 0.5) is 17.1 Å². The van der Waals surface area contributed by atoms with Gasteiger partial charge in [0.05, 0.1) is 6.61 Å². The molecule has 0 saturated heterocycles. The van der Waals surface area contributed by atoms with Crippen molar-refractivity contribution < 1.29 is 19.1 Å². The third-order valence-corrected chi connectivity index (χ3v) is 8.55. The molecule has 0 fully saturated rings. The number of rotatable bonds is 6. The van der Waals surface area contributed by atoms with Gasteiger partial charge < -0.3 is 20.7 Å². The van der Waals surface area contributed by atoms with E-state index in [1.54, 1.807) is 24.0 Å². The summed E-state index contributed by atoms with van der Waals surface area (Å²) in [6.45, 7) is 11.8. The van der Waals surface area contributed by atoms with Crippen molar-refractivity contribution in [3.63, 3.8) is 0 Å². The summed E-state index contributed by atoms with van der Waals surface area (Å²) in [5.41, 5.74) is 8.51. The smallest absolute Gasteiger partial charge is 0.339 e. The largest absolute Gasteiger partial charge is 0.462 e. The maximum absolute atomic E-state index is 14.2. The molecule has 9 heteroatoms. The predicted molar refractivity (Wildman–Crippen MR) is 160 cm³/mol. The highest BCUT2D eigenvalue weighted by molar-refractivity contribution is 9.10. The Morgan fingerprint density at radius 1 is 1.07 bits per heavy atom. The standard InChI is InChI=1S/C31H35BrN4O4/c1-6-35(7-2)19-10-12-20(13-11-19)36-23-16-30(4,5)17-24(37)25(23)31(26(27(36)33)28(38)40-8-3)21-15-18(32)9-14-22(21)34-29(31)39/h9-15H,6-8,16-17,33H2,1-5H3,(H,34,39). The Balaban J connectivity index is 1.84. The van der Waals surface area contributed by atoms with Crippen molar-refractivity contribution in [1.82, 2.24) is 0 Å². The first-order valence-corrected chi connectivity index (χ1v) is 14.5. The fraction of sp³-hybridized carbons (Fsp3) is 0.387. The number of hydrogen-bond acceptors (Lipinski definition) is 7. The van der Waals surface area contributed by atoms with Crippen LogP contribution in [0.2, 0.25) is 0 Å². The van der Waals surface area contributed by atoms with Gasteiger partial charge in [0, 0.05) is 57.9 Å². The zero-order valence-electron chi connectivity index (χ0n) is 23.6. The lowest BCUT2D eigenvalue weighted by Crippen LogP contribution is -2.54. The SMILES string of the molecule is CCOC(=O)C1=C(N)N(c2ccc(N(CC)CC)cc2)C2=C(C(=O)CC(C)(C)C2)C12C(=O)Nc1ccc(Br)cc12. The van der Waals surface area contributed by atoms with Gasteiger partial charge in [0.1, 0.15) is 16.8 Å². The van der Waals surface area contributed by atoms with E-state index in [0.29, 0.717) is 33.5 Å². The number of fused-ring (bicyclic) bond motifs is 3. The molecule has 0 aromatic heterocycles. The molecular formula is C31H35BrN4O4. The van der Waals surface area contributed by atoms with Crippen molar-refractivity contribution in [1.29, 1.82) is 0 Å². The molecule has 2 heterocycles. The van der Waals surface area contributed by atoms with Gasteiger partial charge in [0.25, 0.3) is 0 Å². The van der Waals surface area contributed by atoms with E-state index in [0.717, 1.165) is 18.8 Å². The lowest BCUT2D eigenvalue weighted by molar-refractivity contribution is -0.140. The summed E-state index contributed by atoms with van der Waals surface area (Å²) in [6, 6.07) is 13.3. The van der Waals surface area contributed by atoms with Crippen molar-refractivity contribution in [2.75, 3.05) is 34.8 Å². The number of carbonyl (C=O) groups excluding carboxylic acids is 3. The zero-order chi connectivity index (χ0) is 29.0. The van der Waals surface area contributed by atoms with Gasteiger partial charge in [-0.25, -0.2) is 4.79 Å². The highest BCUT2D eigenvalue weighted by atomic mass is 79.9. The normalized spacial score (nSPS) is 21.4. The summed E-state index contributed by atoms with van der Waals surface area (Å²) in [5, 5.41) is 2.93. The summed E-state index contributed by atoms with van der Waals surface area (Å²) in [7, 11) is 0. The maximum atomic E-state index is 14.2. The number of allylic oxidation sites excluding steroid dienone is 1. The van der Waals surface area contributed by atoms with Crippen LogP contribution < -0.4 is 20.9 Å². The molecule has 210 valence electrons. The van der Waals surface area contributed by atoms with Gasteiger partial charge in [-0.3, -0.25) is 14.5 Å². The van der Waals surface area contributed by atoms with Gasteiger partial charge in [-0.2, -0.15) is 0 Å². The fourth-order valence-electron chi connectivity index (χ4n) is 6.41. The number of halogens is 1. The quantitative estimate of drug-likeness (QED) is 0.425. The van der Waals surface area contributed by atoms with Crippen molar-refractivity contribution in [3.8, 4) is 0 Å². The molecule has 3 aliphatic rings. The van der Waals surface area contributed by atoms with Crippen LogP contribution >= 0.6 is 15.9 Å². The van der Waals surface area contributed by atoms with E-state index < -0.39 is 17.3 Å². The molecule has 1 aliphatic carbocycles. The number of nitrogens with two attached hydrogens (primary N) is 1. The Morgan fingerprint density at radius 3 is 2.38 bits per heavy atom. The number of esters is 1. The first-order valence-electron chi connectivity index (χ1n) is 13.7. The molecule has 8 nitrogen and oxygen atoms in total. The molecule has 1 amide bonds. The van der Waals surface area contributed by atoms with Crippen LogP contribution in [0.3, 0.4) is 0 Å². The lowest BCUT2D eigenvalue weighted by atomic mass is 9.60. The second-order valence-electron chi connectivity index (χ2n) is 11.2. The third-order valence-electron chi connectivity index (χ3n) is 8.06. The Bertz CT molecular complexity index is 1470. The summed E-state index contributed by atoms with van der Waals surface area (Å²) in [4.78, 5) is 46.1. The number of Topliss-reactive ketones (excluding diaryl/α,β-unsaturated/α-hetero) is 1. The van der Waals surface area contributed by atoms with E-state index >= 15 is 0 Å². The van der Waals surface area contributed by atoms with Crippen LogP contribution in [0.25, 0.3) is 0 Å². The molecule has 2 aliphatic heterocycles. The third kappa shape index (κ3) is 4.13. The van der Waals surface area contributed by atoms with Crippen molar-refractivity contribution in [2.45, 2.75) is 52.9 Å². The Morgan fingerprint density at radius 2 is 1.75 bits per heavy atom. The van der Waals surface area contributed by atoms with Crippen LogP contribution in [-0.2, 0) is 24.5 Å². The van der Waals surface area contributed by atoms with E-state index in [9.17, 15) is 14.4 Å². The monoisotopic (exact) mass is 606 g/mol. The molecule has 1 atom stereocenters. The Labute approximate surface area is 243 Å². The highest BCUT2D eigenvalue weighted by Gasteiger charge is 2.63. The van der Waals surface area contributed by atoms with Gasteiger partial charge >= 0.3 is 5.97 Å². The molecule has 3 N–H and O–H groups in total. The molecule has 0 saturated carbocycles.